The van der Waals surface area contributed by atoms with E-state index in [1.165, 1.54) is 4.90 Å². The van der Waals surface area contributed by atoms with Crippen LogP contribution in [0.1, 0.15) is 40.0 Å². The Balaban J connectivity index is 2.16. The molecule has 1 amide bonds. The molecule has 2 fully saturated rings. The number of hydrogen-bond donors (Lipinski definition) is 1. The van der Waals surface area contributed by atoms with E-state index in [0.717, 1.165) is 0 Å². The van der Waals surface area contributed by atoms with Gasteiger partial charge < -0.3 is 14.6 Å². The molecule has 1 N–H and O–H groups in total. The van der Waals surface area contributed by atoms with Gasteiger partial charge in [-0.25, -0.2) is 9.59 Å². The van der Waals surface area contributed by atoms with E-state index in [9.17, 15) is 14.7 Å². The molecule has 2 atom stereocenters. The third kappa shape index (κ3) is 3.00. The zero-order valence-electron chi connectivity index (χ0n) is 11.6. The van der Waals surface area contributed by atoms with Crippen LogP contribution in [0.4, 0.5) is 4.79 Å². The quantitative estimate of drug-likeness (QED) is 0.789. The van der Waals surface area contributed by atoms with E-state index >= 15 is 0 Å². The van der Waals surface area contributed by atoms with E-state index in [4.69, 9.17) is 9.47 Å². The smallest absolute Gasteiger partial charge is 0.411 e. The molecule has 19 heavy (non-hydrogen) atoms. The predicted octanol–water partition coefficient (Wildman–Crippen LogP) is 1.63. The van der Waals surface area contributed by atoms with Crippen molar-refractivity contribution in [2.45, 2.75) is 57.3 Å². The highest BCUT2D eigenvalue weighted by molar-refractivity contribution is 5.85. The topological polar surface area (TPSA) is 79.4 Å². The number of epoxide rings is 1. The maximum atomic E-state index is 12.2. The number of ether oxygens (including phenoxy) is 2. The first-order valence-corrected chi connectivity index (χ1v) is 6.60. The van der Waals surface area contributed by atoms with E-state index in [0.29, 0.717) is 32.4 Å². The van der Waals surface area contributed by atoms with Crippen molar-refractivity contribution in [3.63, 3.8) is 0 Å². The fourth-order valence-corrected chi connectivity index (χ4v) is 2.55. The van der Waals surface area contributed by atoms with Crippen LogP contribution in [0.25, 0.3) is 0 Å². The van der Waals surface area contributed by atoms with E-state index < -0.39 is 23.2 Å². The third-order valence-corrected chi connectivity index (χ3v) is 3.47. The van der Waals surface area contributed by atoms with Crippen LogP contribution in [0, 0.1) is 0 Å². The second-order valence-corrected chi connectivity index (χ2v) is 6.23. The summed E-state index contributed by atoms with van der Waals surface area (Å²) in [6, 6.07) is 0. The number of amides is 1. The fourth-order valence-electron chi connectivity index (χ4n) is 2.55. The fraction of sp³-hybridized carbons (Fsp3) is 0.846. The van der Waals surface area contributed by atoms with Gasteiger partial charge in [0.15, 0.2) is 0 Å². The average molecular weight is 271 g/mol. The first-order chi connectivity index (χ1) is 8.74. The van der Waals surface area contributed by atoms with Crippen LogP contribution in [-0.4, -0.2) is 52.5 Å². The number of carboxylic acids is 1. The number of aliphatic carboxylic acids is 1. The summed E-state index contributed by atoms with van der Waals surface area (Å²) in [7, 11) is 0. The van der Waals surface area contributed by atoms with Crippen LogP contribution in [0.15, 0.2) is 0 Å². The monoisotopic (exact) mass is 271 g/mol. The van der Waals surface area contributed by atoms with Crippen LogP contribution >= 0.6 is 0 Å². The van der Waals surface area contributed by atoms with Crippen LogP contribution < -0.4 is 0 Å². The molecular weight excluding hydrogens is 250 g/mol. The first kappa shape index (κ1) is 14.1. The van der Waals surface area contributed by atoms with E-state index in [-0.39, 0.29) is 6.10 Å². The van der Waals surface area contributed by atoms with Gasteiger partial charge in [0.25, 0.3) is 0 Å². The number of rotatable bonds is 3. The lowest BCUT2D eigenvalue weighted by molar-refractivity contribution is -0.150. The molecule has 2 unspecified atom stereocenters. The number of hydrogen-bond acceptors (Lipinski definition) is 4. The molecule has 0 bridgehead atoms. The van der Waals surface area contributed by atoms with Gasteiger partial charge >= 0.3 is 12.1 Å². The van der Waals surface area contributed by atoms with Crippen LogP contribution in [0.2, 0.25) is 0 Å². The zero-order chi connectivity index (χ0) is 14.3. The van der Waals surface area contributed by atoms with Crippen LogP contribution in [0.5, 0.6) is 0 Å². The SMILES string of the molecule is CC(C)(C)OC(=O)N1CCCC1(CC1CO1)C(=O)O. The van der Waals surface area contributed by atoms with E-state index in [1.807, 2.05) is 0 Å². The van der Waals surface area contributed by atoms with Crippen molar-refractivity contribution < 1.29 is 24.2 Å². The minimum absolute atomic E-state index is 0.0425. The summed E-state index contributed by atoms with van der Waals surface area (Å²) in [4.78, 5) is 25.2. The molecule has 6 heteroatoms. The largest absolute Gasteiger partial charge is 0.479 e. The van der Waals surface area contributed by atoms with Crippen molar-refractivity contribution in [3.8, 4) is 0 Å². The van der Waals surface area contributed by atoms with Crippen molar-refractivity contribution >= 4 is 12.1 Å². The molecule has 2 heterocycles. The highest BCUT2D eigenvalue weighted by Crippen LogP contribution is 2.38. The van der Waals surface area contributed by atoms with Gasteiger partial charge in [0.1, 0.15) is 11.1 Å². The summed E-state index contributed by atoms with van der Waals surface area (Å²) in [5.41, 5.74) is -1.79. The van der Waals surface area contributed by atoms with E-state index in [2.05, 4.69) is 0 Å². The Hall–Kier alpha value is -1.30. The molecule has 0 aromatic carbocycles. The number of likely N-dealkylation sites (tertiary alicyclic amines) is 1. The van der Waals surface area contributed by atoms with Crippen LogP contribution in [-0.2, 0) is 14.3 Å². The second kappa shape index (κ2) is 4.67. The molecule has 2 saturated heterocycles. The molecule has 2 rings (SSSR count). The lowest BCUT2D eigenvalue weighted by Crippen LogP contribution is -2.55. The van der Waals surface area contributed by atoms with Gasteiger partial charge in [-0.2, -0.15) is 0 Å². The summed E-state index contributed by atoms with van der Waals surface area (Å²) < 4.78 is 10.4. The molecular formula is C13H21NO5. The van der Waals surface area contributed by atoms with Gasteiger partial charge in [-0.05, 0) is 33.6 Å². The van der Waals surface area contributed by atoms with Crippen molar-refractivity contribution in [1.82, 2.24) is 4.90 Å². The molecule has 0 radical (unpaired) electrons. The highest BCUT2D eigenvalue weighted by Gasteiger charge is 2.54. The first-order valence-electron chi connectivity index (χ1n) is 6.60. The lowest BCUT2D eigenvalue weighted by Gasteiger charge is -2.35. The maximum absolute atomic E-state index is 12.2. The number of nitrogens with zero attached hydrogens (tertiary/aromatic N) is 1. The highest BCUT2D eigenvalue weighted by atomic mass is 16.6. The molecule has 0 spiro atoms. The van der Waals surface area contributed by atoms with Gasteiger partial charge in [-0.3, -0.25) is 4.90 Å². The summed E-state index contributed by atoms with van der Waals surface area (Å²) in [5.74, 6) is -0.966. The van der Waals surface area contributed by atoms with Gasteiger partial charge in [0.05, 0.1) is 12.7 Å². The van der Waals surface area contributed by atoms with Gasteiger partial charge in [-0.1, -0.05) is 0 Å². The number of carbonyl (C=O) groups excluding carboxylic acids is 1. The Morgan fingerprint density at radius 3 is 2.58 bits per heavy atom. The van der Waals surface area contributed by atoms with Gasteiger partial charge in [0, 0.05) is 13.0 Å². The number of carboxylic acid groups (broad SMARTS) is 1. The number of carbonyl (C=O) groups is 2. The van der Waals surface area contributed by atoms with Gasteiger partial charge in [0.2, 0.25) is 0 Å². The van der Waals surface area contributed by atoms with Gasteiger partial charge in [-0.15, -0.1) is 0 Å². The molecule has 0 aliphatic carbocycles. The van der Waals surface area contributed by atoms with Crippen molar-refractivity contribution in [3.05, 3.63) is 0 Å². The Morgan fingerprint density at radius 1 is 1.47 bits per heavy atom. The molecule has 2 aliphatic rings. The minimum Gasteiger partial charge on any atom is -0.479 e. The average Bonchev–Trinajstić information content (AvgIpc) is 2.92. The lowest BCUT2D eigenvalue weighted by atomic mass is 9.90. The van der Waals surface area contributed by atoms with Crippen molar-refractivity contribution in [1.29, 1.82) is 0 Å². The molecule has 108 valence electrons. The van der Waals surface area contributed by atoms with Crippen molar-refractivity contribution in [2.75, 3.05) is 13.2 Å². The Kier molecular flexibility index (Phi) is 3.47. The molecule has 2 aliphatic heterocycles. The third-order valence-electron chi connectivity index (χ3n) is 3.47. The normalized spacial score (nSPS) is 30.3. The molecule has 0 aromatic rings. The minimum atomic E-state index is -1.16. The Morgan fingerprint density at radius 2 is 2.11 bits per heavy atom. The Labute approximate surface area is 112 Å². The Bertz CT molecular complexity index is 385. The van der Waals surface area contributed by atoms with Crippen LogP contribution in [0.3, 0.4) is 0 Å². The molecule has 6 nitrogen and oxygen atoms in total. The standard InChI is InChI=1S/C13H21NO5/c1-12(2,3)19-11(17)14-6-4-5-13(14,10(15)16)7-9-8-18-9/h9H,4-8H2,1-3H3,(H,15,16). The summed E-state index contributed by atoms with van der Waals surface area (Å²) in [6.07, 6.45) is 0.897. The van der Waals surface area contributed by atoms with Crippen molar-refractivity contribution in [2.24, 2.45) is 0 Å². The zero-order valence-corrected chi connectivity index (χ0v) is 11.6. The molecule has 0 saturated carbocycles. The maximum Gasteiger partial charge on any atom is 0.411 e. The summed E-state index contributed by atoms with van der Waals surface area (Å²) >= 11 is 0. The predicted molar refractivity (Wildman–Crippen MR) is 66.9 cm³/mol. The molecule has 0 aromatic heterocycles. The summed E-state index contributed by atoms with van der Waals surface area (Å²) in [6.45, 7) is 6.32. The van der Waals surface area contributed by atoms with E-state index in [1.54, 1.807) is 20.8 Å². The second-order valence-electron chi connectivity index (χ2n) is 6.23. The summed E-state index contributed by atoms with van der Waals surface area (Å²) in [5, 5.41) is 9.55.